The summed E-state index contributed by atoms with van der Waals surface area (Å²) < 4.78 is 2.18. The number of carbonyl (C=O) groups is 1. The molecule has 3 heterocycles. The molecule has 2 aromatic carbocycles. The fourth-order valence-electron chi connectivity index (χ4n) is 5.46. The fraction of sp³-hybridized carbons (Fsp3) is 0.258. The summed E-state index contributed by atoms with van der Waals surface area (Å²) in [6.07, 6.45) is 2.95. The van der Waals surface area contributed by atoms with Gasteiger partial charge in [0, 0.05) is 36.2 Å². The molecular formula is C31H32ClN5OS. The second-order valence-corrected chi connectivity index (χ2v) is 10.5. The van der Waals surface area contributed by atoms with Crippen molar-refractivity contribution in [3.05, 3.63) is 112 Å². The summed E-state index contributed by atoms with van der Waals surface area (Å²) >= 11 is 12.4. The number of anilines is 1. The van der Waals surface area contributed by atoms with Crippen molar-refractivity contribution in [2.45, 2.75) is 45.7 Å². The fourth-order valence-corrected chi connectivity index (χ4v) is 6.01. The molecule has 2 aromatic heterocycles. The molecule has 0 radical (unpaired) electrons. The Bertz CT molecular complexity index is 1500. The molecule has 0 unspecified atom stereocenters. The van der Waals surface area contributed by atoms with Crippen LogP contribution in [-0.4, -0.2) is 32.0 Å². The standard InChI is InChI=1S/C31H32ClN5OS/c1-4-22-11-5-7-13-25(22)34-28(38)16-18-36-30(29(35-31(36)39)26-14-9-10-17-33-26)23-19-20(2)37(21(23)3)27-15-8-6-12-24(27)32/h5-15,17,19,29-30H,4,16,18H2,1-3H3,(H,34,38)(H,35,39)/t29-,30-/m1/s1. The molecule has 0 saturated carbocycles. The second-order valence-electron chi connectivity index (χ2n) is 9.74. The molecular weight excluding hydrogens is 526 g/mol. The molecule has 0 spiro atoms. The van der Waals surface area contributed by atoms with Crippen LogP contribution >= 0.6 is 23.8 Å². The number of aromatic nitrogens is 2. The maximum atomic E-state index is 13.1. The Labute approximate surface area is 240 Å². The van der Waals surface area contributed by atoms with Crippen molar-refractivity contribution in [1.82, 2.24) is 19.8 Å². The van der Waals surface area contributed by atoms with E-state index in [1.807, 2.05) is 66.7 Å². The summed E-state index contributed by atoms with van der Waals surface area (Å²) in [5, 5.41) is 7.88. The average molecular weight is 558 g/mol. The van der Waals surface area contributed by atoms with Crippen LogP contribution in [0.2, 0.25) is 5.02 Å². The Kier molecular flexibility index (Phi) is 8.00. The minimum Gasteiger partial charge on any atom is -0.352 e. The molecule has 4 aromatic rings. The smallest absolute Gasteiger partial charge is 0.226 e. The normalized spacial score (nSPS) is 16.8. The van der Waals surface area contributed by atoms with Gasteiger partial charge in [0.05, 0.1) is 28.5 Å². The van der Waals surface area contributed by atoms with Crippen molar-refractivity contribution in [3.63, 3.8) is 0 Å². The first-order valence-corrected chi connectivity index (χ1v) is 14.0. The lowest BCUT2D eigenvalue weighted by molar-refractivity contribution is -0.116. The molecule has 1 fully saturated rings. The molecule has 8 heteroatoms. The number of pyridine rings is 1. The number of nitrogens with one attached hydrogen (secondary N) is 2. The van der Waals surface area contributed by atoms with Crippen LogP contribution in [0.5, 0.6) is 0 Å². The number of amides is 1. The van der Waals surface area contributed by atoms with Gasteiger partial charge in [-0.3, -0.25) is 9.78 Å². The molecule has 39 heavy (non-hydrogen) atoms. The predicted octanol–water partition coefficient (Wildman–Crippen LogP) is 6.71. The van der Waals surface area contributed by atoms with E-state index in [9.17, 15) is 4.79 Å². The number of rotatable bonds is 8. The van der Waals surface area contributed by atoms with Gasteiger partial charge in [-0.15, -0.1) is 0 Å². The lowest BCUT2D eigenvalue weighted by atomic mass is 9.96. The van der Waals surface area contributed by atoms with E-state index in [2.05, 4.69) is 51.9 Å². The van der Waals surface area contributed by atoms with Crippen molar-refractivity contribution in [2.24, 2.45) is 0 Å². The van der Waals surface area contributed by atoms with Crippen LogP contribution < -0.4 is 10.6 Å². The summed E-state index contributed by atoms with van der Waals surface area (Å²) in [5.74, 6) is -0.0414. The molecule has 1 aliphatic heterocycles. The van der Waals surface area contributed by atoms with Crippen LogP contribution in [0.1, 0.15) is 53.6 Å². The van der Waals surface area contributed by atoms with Crippen LogP contribution in [0, 0.1) is 13.8 Å². The highest BCUT2D eigenvalue weighted by Gasteiger charge is 2.41. The molecule has 1 saturated heterocycles. The second kappa shape index (κ2) is 11.6. The predicted molar refractivity (Wildman–Crippen MR) is 161 cm³/mol. The number of para-hydroxylation sites is 2. The third-order valence-corrected chi connectivity index (χ3v) is 8.00. The van der Waals surface area contributed by atoms with E-state index in [-0.39, 0.29) is 18.0 Å². The Balaban J connectivity index is 1.47. The van der Waals surface area contributed by atoms with E-state index in [0.717, 1.165) is 46.0 Å². The van der Waals surface area contributed by atoms with E-state index in [1.54, 1.807) is 6.20 Å². The van der Waals surface area contributed by atoms with Gasteiger partial charge in [-0.05, 0) is 80.0 Å². The third-order valence-electron chi connectivity index (χ3n) is 7.33. The van der Waals surface area contributed by atoms with E-state index < -0.39 is 0 Å². The third kappa shape index (κ3) is 5.42. The van der Waals surface area contributed by atoms with E-state index >= 15 is 0 Å². The van der Waals surface area contributed by atoms with Crippen molar-refractivity contribution in [3.8, 4) is 5.69 Å². The summed E-state index contributed by atoms with van der Waals surface area (Å²) in [7, 11) is 0. The van der Waals surface area contributed by atoms with Gasteiger partial charge in [0.15, 0.2) is 5.11 Å². The highest BCUT2D eigenvalue weighted by molar-refractivity contribution is 7.80. The number of hydrogen-bond donors (Lipinski definition) is 2. The number of benzene rings is 2. The summed E-state index contributed by atoms with van der Waals surface area (Å²) in [6.45, 7) is 6.74. The average Bonchev–Trinajstić information content (AvgIpc) is 3.42. The van der Waals surface area contributed by atoms with Gasteiger partial charge < -0.3 is 20.1 Å². The summed E-state index contributed by atoms with van der Waals surface area (Å²) in [5.41, 5.74) is 7.07. The zero-order valence-electron chi connectivity index (χ0n) is 22.3. The monoisotopic (exact) mass is 557 g/mol. The molecule has 200 valence electrons. The molecule has 0 aliphatic carbocycles. The van der Waals surface area contributed by atoms with Gasteiger partial charge in [0.1, 0.15) is 0 Å². The summed E-state index contributed by atoms with van der Waals surface area (Å²) in [6, 6.07) is 23.6. The van der Waals surface area contributed by atoms with Crippen molar-refractivity contribution in [1.29, 1.82) is 0 Å². The van der Waals surface area contributed by atoms with Crippen LogP contribution in [0.15, 0.2) is 79.0 Å². The zero-order valence-corrected chi connectivity index (χ0v) is 23.9. The topological polar surface area (TPSA) is 62.2 Å². The quantitative estimate of drug-likeness (QED) is 0.236. The Morgan fingerprint density at radius 3 is 2.56 bits per heavy atom. The molecule has 0 bridgehead atoms. The highest BCUT2D eigenvalue weighted by atomic mass is 35.5. The first-order valence-electron chi connectivity index (χ1n) is 13.2. The van der Waals surface area contributed by atoms with E-state index in [0.29, 0.717) is 23.1 Å². The van der Waals surface area contributed by atoms with E-state index in [4.69, 9.17) is 23.8 Å². The lowest BCUT2D eigenvalue weighted by Gasteiger charge is -2.28. The minimum atomic E-state index is -0.164. The number of hydrogen-bond acceptors (Lipinski definition) is 3. The van der Waals surface area contributed by atoms with Crippen molar-refractivity contribution >= 4 is 40.5 Å². The summed E-state index contributed by atoms with van der Waals surface area (Å²) in [4.78, 5) is 19.8. The molecule has 2 atom stereocenters. The number of nitrogens with zero attached hydrogens (tertiary/aromatic N) is 3. The highest BCUT2D eigenvalue weighted by Crippen LogP contribution is 2.42. The Morgan fingerprint density at radius 1 is 1.08 bits per heavy atom. The maximum Gasteiger partial charge on any atom is 0.226 e. The van der Waals surface area contributed by atoms with Crippen molar-refractivity contribution in [2.75, 3.05) is 11.9 Å². The molecule has 1 aliphatic rings. The van der Waals surface area contributed by atoms with Gasteiger partial charge in [-0.2, -0.15) is 0 Å². The SMILES string of the molecule is CCc1ccccc1NC(=O)CCN1C(=S)N[C@H](c2ccccn2)[C@H]1c1cc(C)n(-c2ccccc2Cl)c1C. The van der Waals surface area contributed by atoms with Gasteiger partial charge in [0.2, 0.25) is 5.91 Å². The van der Waals surface area contributed by atoms with Gasteiger partial charge in [0.25, 0.3) is 0 Å². The zero-order chi connectivity index (χ0) is 27.5. The first kappa shape index (κ1) is 26.9. The molecule has 1 amide bonds. The van der Waals surface area contributed by atoms with Crippen molar-refractivity contribution < 1.29 is 4.79 Å². The molecule has 2 N–H and O–H groups in total. The van der Waals surface area contributed by atoms with Gasteiger partial charge >= 0.3 is 0 Å². The van der Waals surface area contributed by atoms with Crippen LogP contribution in [-0.2, 0) is 11.2 Å². The van der Waals surface area contributed by atoms with Crippen LogP contribution in [0.3, 0.4) is 0 Å². The van der Waals surface area contributed by atoms with Crippen LogP contribution in [0.25, 0.3) is 5.69 Å². The Morgan fingerprint density at radius 2 is 1.82 bits per heavy atom. The molecule has 5 rings (SSSR count). The largest absolute Gasteiger partial charge is 0.352 e. The first-order chi connectivity index (χ1) is 18.9. The minimum absolute atomic E-state index is 0.0414. The Hall–Kier alpha value is -3.68. The van der Waals surface area contributed by atoms with Gasteiger partial charge in [-0.1, -0.05) is 54.9 Å². The number of thiocarbonyl (C=S) groups is 1. The molecule has 6 nitrogen and oxygen atoms in total. The lowest BCUT2D eigenvalue weighted by Crippen LogP contribution is -2.33. The van der Waals surface area contributed by atoms with Gasteiger partial charge in [-0.25, -0.2) is 0 Å². The number of carbonyl (C=O) groups excluding carboxylic acids is 1. The van der Waals surface area contributed by atoms with E-state index in [1.165, 1.54) is 0 Å². The van der Waals surface area contributed by atoms with Crippen LogP contribution in [0.4, 0.5) is 5.69 Å². The maximum absolute atomic E-state index is 13.1. The number of halogens is 1. The number of aryl methyl sites for hydroxylation is 2.